The highest BCUT2D eigenvalue weighted by Gasteiger charge is 2.17. The number of ketones is 1. The van der Waals surface area contributed by atoms with Gasteiger partial charge in [0.15, 0.2) is 0 Å². The Morgan fingerprint density at radius 2 is 1.77 bits per heavy atom. The van der Waals surface area contributed by atoms with Gasteiger partial charge in [0, 0.05) is 24.6 Å². The number of aromatic nitrogens is 4. The summed E-state index contributed by atoms with van der Waals surface area (Å²) in [5, 5.41) is 13.9. The highest BCUT2D eigenvalue weighted by atomic mass is 16.4. The summed E-state index contributed by atoms with van der Waals surface area (Å²) in [5.41, 5.74) is 2.34. The number of nitrogens with zero attached hydrogens (tertiary/aromatic N) is 4. The van der Waals surface area contributed by atoms with Crippen LogP contribution in [0.4, 0.5) is 0 Å². The van der Waals surface area contributed by atoms with E-state index in [2.05, 4.69) is 28.9 Å². The fourth-order valence-corrected chi connectivity index (χ4v) is 3.34. The van der Waals surface area contributed by atoms with Crippen molar-refractivity contribution in [1.29, 1.82) is 0 Å². The Balaban J connectivity index is 1.82. The van der Waals surface area contributed by atoms with Gasteiger partial charge in [0.1, 0.15) is 5.82 Å². The maximum Gasteiger partial charge on any atom is 0.337 e. The predicted molar refractivity (Wildman–Crippen MR) is 118 cm³/mol. The quantitative estimate of drug-likeness (QED) is 0.447. The summed E-state index contributed by atoms with van der Waals surface area (Å²) >= 11 is 0. The maximum absolute atomic E-state index is 12.4. The van der Waals surface area contributed by atoms with Crippen LogP contribution in [0.3, 0.4) is 0 Å². The van der Waals surface area contributed by atoms with Crippen LogP contribution in [0.1, 0.15) is 78.3 Å². The third-order valence-corrected chi connectivity index (χ3v) is 5.11. The fraction of sp³-hybridized carbons (Fsp3) is 0.375. The van der Waals surface area contributed by atoms with Crippen LogP contribution in [-0.2, 0) is 13.0 Å². The molecule has 2 aromatic heterocycles. The zero-order valence-corrected chi connectivity index (χ0v) is 18.0. The predicted octanol–water partition coefficient (Wildman–Crippen LogP) is 4.80. The van der Waals surface area contributed by atoms with E-state index < -0.39 is 5.97 Å². The number of benzene rings is 1. The molecule has 0 spiro atoms. The number of unbranched alkanes of at least 4 members (excludes halogenated alkanes) is 2. The average Bonchev–Trinajstić information content (AvgIpc) is 3.19. The molecular formula is C24H28N4O3. The third-order valence-electron chi connectivity index (χ3n) is 5.11. The van der Waals surface area contributed by atoms with Crippen molar-refractivity contribution in [2.45, 2.75) is 58.9 Å². The largest absolute Gasteiger partial charge is 0.478 e. The molecule has 0 radical (unpaired) electrons. The van der Waals surface area contributed by atoms with Gasteiger partial charge in [-0.3, -0.25) is 9.78 Å². The van der Waals surface area contributed by atoms with E-state index in [-0.39, 0.29) is 11.3 Å². The molecule has 7 nitrogen and oxygen atoms in total. The second-order valence-corrected chi connectivity index (χ2v) is 7.54. The highest BCUT2D eigenvalue weighted by molar-refractivity contribution is 5.94. The lowest BCUT2D eigenvalue weighted by Crippen LogP contribution is -2.08. The first kappa shape index (κ1) is 22.3. The topological polar surface area (TPSA) is 98.0 Å². The average molecular weight is 421 g/mol. The van der Waals surface area contributed by atoms with Crippen molar-refractivity contribution in [3.05, 3.63) is 65.4 Å². The molecule has 0 aliphatic heterocycles. The molecule has 3 aromatic rings. The first-order valence-electron chi connectivity index (χ1n) is 10.8. The lowest BCUT2D eigenvalue weighted by Gasteiger charge is -2.08. The van der Waals surface area contributed by atoms with Crippen molar-refractivity contribution in [3.8, 4) is 11.3 Å². The van der Waals surface area contributed by atoms with Gasteiger partial charge >= 0.3 is 5.97 Å². The minimum atomic E-state index is -1.00. The molecule has 0 saturated carbocycles. The van der Waals surface area contributed by atoms with E-state index in [9.17, 15) is 14.7 Å². The van der Waals surface area contributed by atoms with Gasteiger partial charge in [0.2, 0.25) is 11.6 Å². The molecule has 0 saturated heterocycles. The van der Waals surface area contributed by atoms with Crippen molar-refractivity contribution in [3.63, 3.8) is 0 Å². The Kier molecular flexibility index (Phi) is 7.65. The van der Waals surface area contributed by atoms with E-state index in [4.69, 9.17) is 0 Å². The van der Waals surface area contributed by atoms with Crippen molar-refractivity contribution < 1.29 is 14.7 Å². The van der Waals surface area contributed by atoms with Crippen LogP contribution in [0.2, 0.25) is 0 Å². The summed E-state index contributed by atoms with van der Waals surface area (Å²) in [6.07, 6.45) is 6.65. The molecule has 1 aromatic carbocycles. The van der Waals surface area contributed by atoms with Crippen molar-refractivity contribution in [2.75, 3.05) is 0 Å². The van der Waals surface area contributed by atoms with Crippen LogP contribution in [0.15, 0.2) is 42.6 Å². The Bertz CT molecular complexity index is 1040. The molecular weight excluding hydrogens is 392 g/mol. The summed E-state index contributed by atoms with van der Waals surface area (Å²) in [6.45, 7) is 4.68. The Morgan fingerprint density at radius 3 is 2.45 bits per heavy atom. The molecule has 162 valence electrons. The third kappa shape index (κ3) is 5.63. The van der Waals surface area contributed by atoms with Crippen LogP contribution in [0.25, 0.3) is 11.3 Å². The Labute approximate surface area is 182 Å². The molecule has 7 heteroatoms. The summed E-state index contributed by atoms with van der Waals surface area (Å²) in [7, 11) is 0. The van der Waals surface area contributed by atoms with Gasteiger partial charge in [-0.2, -0.15) is 0 Å². The lowest BCUT2D eigenvalue weighted by molar-refractivity contribution is 0.0697. The van der Waals surface area contributed by atoms with Crippen molar-refractivity contribution >= 4 is 11.8 Å². The molecule has 0 aliphatic carbocycles. The van der Waals surface area contributed by atoms with Crippen LogP contribution in [0.5, 0.6) is 0 Å². The standard InChI is InChI=1S/C24H28N4O3/c1-3-5-9-20(29)23-26-21(10-6-4-2)28(27-23)16-17-11-13-18(14-12-17)22-19(24(30)31)8-7-15-25-22/h7-8,11-15H,3-6,9-10,16H2,1-2H3,(H,30,31). The lowest BCUT2D eigenvalue weighted by atomic mass is 10.0. The molecule has 0 atom stereocenters. The van der Waals surface area contributed by atoms with Crippen LogP contribution in [0, 0.1) is 0 Å². The molecule has 2 heterocycles. The molecule has 0 amide bonds. The van der Waals surface area contributed by atoms with E-state index in [0.717, 1.165) is 49.1 Å². The minimum Gasteiger partial charge on any atom is -0.478 e. The number of hydrogen-bond acceptors (Lipinski definition) is 5. The van der Waals surface area contributed by atoms with Gasteiger partial charge in [-0.1, -0.05) is 51.0 Å². The number of pyridine rings is 1. The molecule has 31 heavy (non-hydrogen) atoms. The number of aryl methyl sites for hydroxylation is 1. The number of Topliss-reactive ketones (excluding diaryl/α,β-unsaturated/α-hetero) is 1. The van der Waals surface area contributed by atoms with Crippen LogP contribution >= 0.6 is 0 Å². The van der Waals surface area contributed by atoms with Gasteiger partial charge in [-0.15, -0.1) is 5.10 Å². The SMILES string of the molecule is CCCCC(=O)c1nc(CCCC)n(Cc2ccc(-c3ncccc3C(=O)O)cc2)n1. The Hall–Kier alpha value is -3.35. The van der Waals surface area contributed by atoms with Crippen molar-refractivity contribution in [1.82, 2.24) is 19.7 Å². The van der Waals surface area contributed by atoms with Gasteiger partial charge in [0.25, 0.3) is 0 Å². The van der Waals surface area contributed by atoms with Gasteiger partial charge in [-0.25, -0.2) is 14.5 Å². The molecule has 0 fully saturated rings. The second kappa shape index (κ2) is 10.6. The number of carboxylic acid groups (broad SMARTS) is 1. The molecule has 0 aliphatic rings. The second-order valence-electron chi connectivity index (χ2n) is 7.54. The summed E-state index contributed by atoms with van der Waals surface area (Å²) < 4.78 is 1.81. The van der Waals surface area contributed by atoms with Gasteiger partial charge in [0.05, 0.1) is 17.8 Å². The zero-order valence-electron chi connectivity index (χ0n) is 18.0. The van der Waals surface area contributed by atoms with Crippen LogP contribution < -0.4 is 0 Å². The van der Waals surface area contributed by atoms with Gasteiger partial charge < -0.3 is 5.11 Å². The number of aromatic carboxylic acids is 1. The summed E-state index contributed by atoms with van der Waals surface area (Å²) in [5.74, 6) is 0.111. The monoisotopic (exact) mass is 420 g/mol. The summed E-state index contributed by atoms with van der Waals surface area (Å²) in [4.78, 5) is 32.6. The summed E-state index contributed by atoms with van der Waals surface area (Å²) in [6, 6.07) is 10.7. The molecule has 0 bridgehead atoms. The molecule has 1 N–H and O–H groups in total. The maximum atomic E-state index is 12.4. The van der Waals surface area contributed by atoms with Gasteiger partial charge in [-0.05, 0) is 30.5 Å². The first-order valence-corrected chi connectivity index (χ1v) is 10.8. The molecule has 0 unspecified atom stereocenters. The van der Waals surface area contributed by atoms with E-state index >= 15 is 0 Å². The van der Waals surface area contributed by atoms with E-state index in [1.165, 1.54) is 0 Å². The van der Waals surface area contributed by atoms with E-state index in [1.807, 2.05) is 28.9 Å². The van der Waals surface area contributed by atoms with E-state index in [0.29, 0.717) is 24.5 Å². The highest BCUT2D eigenvalue weighted by Crippen LogP contribution is 2.22. The number of hydrogen-bond donors (Lipinski definition) is 1. The number of carbonyl (C=O) groups is 2. The number of carbonyl (C=O) groups excluding carboxylic acids is 1. The number of rotatable bonds is 11. The first-order chi connectivity index (χ1) is 15.0. The molecule has 3 rings (SSSR count). The smallest absolute Gasteiger partial charge is 0.337 e. The zero-order chi connectivity index (χ0) is 22.2. The van der Waals surface area contributed by atoms with Crippen LogP contribution in [-0.4, -0.2) is 36.6 Å². The number of carboxylic acids is 1. The van der Waals surface area contributed by atoms with E-state index in [1.54, 1.807) is 18.3 Å². The normalized spacial score (nSPS) is 10.9. The minimum absolute atomic E-state index is 0.00921. The fourth-order valence-electron chi connectivity index (χ4n) is 3.34. The Morgan fingerprint density at radius 1 is 1.03 bits per heavy atom. The van der Waals surface area contributed by atoms with Crippen molar-refractivity contribution in [2.24, 2.45) is 0 Å².